The molecule has 1 unspecified atom stereocenters. The molecule has 3 aliphatic rings. The molecule has 1 aromatic heterocycles. The predicted molar refractivity (Wildman–Crippen MR) is 67.4 cm³/mol. The van der Waals surface area contributed by atoms with Gasteiger partial charge >= 0.3 is 0 Å². The molecule has 2 fully saturated rings. The lowest BCUT2D eigenvalue weighted by Crippen LogP contribution is -2.44. The molecule has 4 heteroatoms. The van der Waals surface area contributed by atoms with Crippen LogP contribution >= 0.6 is 11.3 Å². The number of hydrogen-bond donors (Lipinski definition) is 1. The molecular formula is C13H18N2OS. The number of aromatic nitrogens is 1. The molecule has 0 bridgehead atoms. The molecule has 17 heavy (non-hydrogen) atoms. The zero-order valence-corrected chi connectivity index (χ0v) is 10.8. The Balaban J connectivity index is 1.67. The van der Waals surface area contributed by atoms with E-state index in [0.717, 1.165) is 25.7 Å². The van der Waals surface area contributed by atoms with Gasteiger partial charge in [-0.25, -0.2) is 4.98 Å². The van der Waals surface area contributed by atoms with E-state index in [0.29, 0.717) is 0 Å². The van der Waals surface area contributed by atoms with Gasteiger partial charge in [0.15, 0.2) is 0 Å². The lowest BCUT2D eigenvalue weighted by molar-refractivity contribution is 0.165. The maximum Gasteiger partial charge on any atom is 0.116 e. The van der Waals surface area contributed by atoms with Crippen LogP contribution in [0.15, 0.2) is 0 Å². The van der Waals surface area contributed by atoms with Gasteiger partial charge < -0.3 is 10.1 Å². The van der Waals surface area contributed by atoms with Crippen LogP contribution in [-0.2, 0) is 23.1 Å². The molecule has 0 amide bonds. The predicted octanol–water partition coefficient (Wildman–Crippen LogP) is 2.00. The van der Waals surface area contributed by atoms with Crippen LogP contribution in [0.2, 0.25) is 0 Å². The molecule has 1 N–H and O–H groups in total. The largest absolute Gasteiger partial charge is 0.379 e. The van der Waals surface area contributed by atoms with Crippen LogP contribution in [0, 0.1) is 0 Å². The molecule has 1 aliphatic heterocycles. The van der Waals surface area contributed by atoms with Gasteiger partial charge in [0, 0.05) is 17.5 Å². The van der Waals surface area contributed by atoms with Crippen molar-refractivity contribution in [3.63, 3.8) is 0 Å². The monoisotopic (exact) mass is 250 g/mol. The normalized spacial score (nSPS) is 32.0. The van der Waals surface area contributed by atoms with E-state index in [-0.39, 0.29) is 5.54 Å². The number of hydrogen-bond acceptors (Lipinski definition) is 4. The Morgan fingerprint density at radius 2 is 2.29 bits per heavy atom. The maximum absolute atomic E-state index is 5.65. The summed E-state index contributed by atoms with van der Waals surface area (Å²) in [6, 6.07) is 0.718. The van der Waals surface area contributed by atoms with E-state index in [9.17, 15) is 0 Å². The van der Waals surface area contributed by atoms with E-state index in [1.54, 1.807) is 0 Å². The minimum Gasteiger partial charge on any atom is -0.379 e. The number of ether oxygens (including phenoxy) is 1. The van der Waals surface area contributed by atoms with Crippen LogP contribution in [-0.4, -0.2) is 24.2 Å². The van der Waals surface area contributed by atoms with Gasteiger partial charge in [0.2, 0.25) is 0 Å². The molecule has 4 rings (SSSR count). The molecule has 2 heterocycles. The van der Waals surface area contributed by atoms with Crippen molar-refractivity contribution in [1.29, 1.82) is 0 Å². The lowest BCUT2D eigenvalue weighted by atomic mass is 9.99. The Labute approximate surface area is 106 Å². The summed E-state index contributed by atoms with van der Waals surface area (Å²) < 4.78 is 5.65. The zero-order valence-electron chi connectivity index (χ0n) is 10.00. The SMILES string of the molecule is C1Cc2nc(C3(NC4CC4)CCOC3)sc2C1. The van der Waals surface area contributed by atoms with Crippen molar-refractivity contribution in [1.82, 2.24) is 10.3 Å². The highest BCUT2D eigenvalue weighted by atomic mass is 32.1. The Bertz CT molecular complexity index is 411. The van der Waals surface area contributed by atoms with Crippen molar-refractivity contribution in [2.45, 2.75) is 50.1 Å². The van der Waals surface area contributed by atoms with Gasteiger partial charge in [-0.2, -0.15) is 0 Å². The first-order valence-electron chi connectivity index (χ1n) is 6.70. The zero-order chi connectivity index (χ0) is 11.3. The van der Waals surface area contributed by atoms with Crippen molar-refractivity contribution in [2.75, 3.05) is 13.2 Å². The van der Waals surface area contributed by atoms with E-state index in [1.807, 2.05) is 11.3 Å². The quantitative estimate of drug-likeness (QED) is 0.891. The molecule has 3 nitrogen and oxygen atoms in total. The third-order valence-electron chi connectivity index (χ3n) is 4.08. The van der Waals surface area contributed by atoms with Crippen LogP contribution in [0.25, 0.3) is 0 Å². The summed E-state index contributed by atoms with van der Waals surface area (Å²) >= 11 is 1.93. The molecule has 0 aromatic carbocycles. The summed E-state index contributed by atoms with van der Waals surface area (Å²) in [4.78, 5) is 6.43. The van der Waals surface area contributed by atoms with Crippen LogP contribution in [0.4, 0.5) is 0 Å². The van der Waals surface area contributed by atoms with Crippen LogP contribution in [0.3, 0.4) is 0 Å². The summed E-state index contributed by atoms with van der Waals surface area (Å²) in [5.41, 5.74) is 1.42. The van der Waals surface area contributed by atoms with Crippen molar-refractivity contribution < 1.29 is 4.74 Å². The number of rotatable bonds is 3. The average Bonchev–Trinajstić information content (AvgIpc) is 2.76. The fourth-order valence-electron chi connectivity index (χ4n) is 2.92. The smallest absolute Gasteiger partial charge is 0.116 e. The van der Waals surface area contributed by atoms with Crippen molar-refractivity contribution >= 4 is 11.3 Å². The molecular weight excluding hydrogens is 232 g/mol. The molecule has 1 saturated carbocycles. The summed E-state index contributed by atoms with van der Waals surface area (Å²) in [5.74, 6) is 0. The van der Waals surface area contributed by atoms with Gasteiger partial charge in [0.1, 0.15) is 5.01 Å². The Hall–Kier alpha value is -0.450. The first kappa shape index (κ1) is 10.5. The van der Waals surface area contributed by atoms with Gasteiger partial charge in [0.25, 0.3) is 0 Å². The van der Waals surface area contributed by atoms with E-state index in [2.05, 4.69) is 5.32 Å². The van der Waals surface area contributed by atoms with Crippen molar-refractivity contribution in [3.05, 3.63) is 15.6 Å². The fourth-order valence-corrected chi connectivity index (χ4v) is 4.24. The molecule has 0 spiro atoms. The molecule has 1 aromatic rings. The maximum atomic E-state index is 5.65. The Morgan fingerprint density at radius 3 is 3.00 bits per heavy atom. The summed E-state index contributed by atoms with van der Waals surface area (Å²) in [7, 11) is 0. The Morgan fingerprint density at radius 1 is 1.35 bits per heavy atom. The summed E-state index contributed by atoms with van der Waals surface area (Å²) in [6.07, 6.45) is 7.48. The number of thiazole rings is 1. The van der Waals surface area contributed by atoms with E-state index in [4.69, 9.17) is 9.72 Å². The van der Waals surface area contributed by atoms with Crippen molar-refractivity contribution in [3.8, 4) is 0 Å². The Kier molecular flexibility index (Phi) is 2.32. The number of nitrogens with one attached hydrogen (secondary N) is 1. The van der Waals surface area contributed by atoms with Gasteiger partial charge in [0.05, 0.1) is 17.8 Å². The van der Waals surface area contributed by atoms with Gasteiger partial charge in [-0.15, -0.1) is 11.3 Å². The van der Waals surface area contributed by atoms with Crippen LogP contribution < -0.4 is 5.32 Å². The fraction of sp³-hybridized carbons (Fsp3) is 0.769. The molecule has 0 radical (unpaired) electrons. The second-order valence-corrected chi connectivity index (χ2v) is 6.63. The van der Waals surface area contributed by atoms with Crippen molar-refractivity contribution in [2.24, 2.45) is 0 Å². The van der Waals surface area contributed by atoms with E-state index >= 15 is 0 Å². The molecule has 1 saturated heterocycles. The number of aryl methyl sites for hydroxylation is 2. The third kappa shape index (κ3) is 1.74. The second kappa shape index (κ2) is 3.77. The standard InChI is InChI=1S/C13H18N2OS/c1-2-10-11(3-1)17-12(14-10)13(6-7-16-8-13)15-9-4-5-9/h9,15H,1-8H2. The molecule has 92 valence electrons. The number of nitrogens with zero attached hydrogens (tertiary/aromatic N) is 1. The first-order chi connectivity index (χ1) is 8.36. The van der Waals surface area contributed by atoms with Crippen LogP contribution in [0.1, 0.15) is 41.3 Å². The van der Waals surface area contributed by atoms with Gasteiger partial charge in [-0.05, 0) is 38.5 Å². The van der Waals surface area contributed by atoms with Gasteiger partial charge in [-0.1, -0.05) is 0 Å². The summed E-state index contributed by atoms with van der Waals surface area (Å²) in [6.45, 7) is 1.69. The minimum absolute atomic E-state index is 0.0518. The number of fused-ring (bicyclic) bond motifs is 1. The topological polar surface area (TPSA) is 34.2 Å². The lowest BCUT2D eigenvalue weighted by Gasteiger charge is -2.26. The van der Waals surface area contributed by atoms with Gasteiger partial charge in [-0.3, -0.25) is 0 Å². The first-order valence-corrected chi connectivity index (χ1v) is 7.52. The minimum atomic E-state index is 0.0518. The van der Waals surface area contributed by atoms with E-state index in [1.165, 1.54) is 47.7 Å². The highest BCUT2D eigenvalue weighted by Crippen LogP contribution is 2.39. The van der Waals surface area contributed by atoms with Crippen LogP contribution in [0.5, 0.6) is 0 Å². The average molecular weight is 250 g/mol. The highest BCUT2D eigenvalue weighted by molar-refractivity contribution is 7.12. The third-order valence-corrected chi connectivity index (χ3v) is 5.45. The summed E-state index contributed by atoms with van der Waals surface area (Å²) in [5, 5.41) is 5.09. The van der Waals surface area contributed by atoms with E-state index < -0.39 is 0 Å². The molecule has 2 aliphatic carbocycles. The highest BCUT2D eigenvalue weighted by Gasteiger charge is 2.43. The second-order valence-electron chi connectivity index (χ2n) is 5.55. The molecule has 1 atom stereocenters.